The first-order valence-corrected chi connectivity index (χ1v) is 6.48. The van der Waals surface area contributed by atoms with E-state index in [1.165, 1.54) is 18.2 Å². The summed E-state index contributed by atoms with van der Waals surface area (Å²) < 4.78 is 26.9. The zero-order valence-electron chi connectivity index (χ0n) is 10.9. The maximum atomic E-state index is 13.7. The summed E-state index contributed by atoms with van der Waals surface area (Å²) in [5.41, 5.74) is 0.456. The molecule has 1 unspecified atom stereocenters. The first kappa shape index (κ1) is 13.4. The highest BCUT2D eigenvalue weighted by atomic mass is 19.1. The van der Waals surface area contributed by atoms with Gasteiger partial charge in [-0.05, 0) is 45.0 Å². The Morgan fingerprint density at radius 2 is 1.94 bits per heavy atom. The monoisotopic (exact) mass is 254 g/mol. The lowest BCUT2D eigenvalue weighted by atomic mass is 10.00. The van der Waals surface area contributed by atoms with Crippen LogP contribution in [-0.4, -0.2) is 31.1 Å². The molecule has 1 N–H and O–H groups in total. The quantitative estimate of drug-likeness (QED) is 0.892. The van der Waals surface area contributed by atoms with Crippen molar-refractivity contribution in [3.8, 4) is 0 Å². The Kier molecular flexibility index (Phi) is 4.30. The minimum Gasteiger partial charge on any atom is -0.317 e. The van der Waals surface area contributed by atoms with Gasteiger partial charge in [-0.25, -0.2) is 8.78 Å². The van der Waals surface area contributed by atoms with E-state index in [1.54, 1.807) is 0 Å². The molecule has 0 radical (unpaired) electrons. The normalized spacial score (nSPS) is 20.0. The van der Waals surface area contributed by atoms with Gasteiger partial charge in [-0.15, -0.1) is 0 Å². The summed E-state index contributed by atoms with van der Waals surface area (Å²) in [4.78, 5) is 2.21. The Balaban J connectivity index is 2.07. The molecule has 2 rings (SSSR count). The van der Waals surface area contributed by atoms with Crippen LogP contribution < -0.4 is 5.32 Å². The molecule has 1 fully saturated rings. The molecule has 18 heavy (non-hydrogen) atoms. The highest BCUT2D eigenvalue weighted by Gasteiger charge is 2.24. The number of nitrogens with zero attached hydrogens (tertiary/aromatic N) is 1. The summed E-state index contributed by atoms with van der Waals surface area (Å²) in [7, 11) is 1.97. The van der Waals surface area contributed by atoms with E-state index >= 15 is 0 Å². The van der Waals surface area contributed by atoms with Gasteiger partial charge in [0.15, 0.2) is 0 Å². The molecule has 0 spiro atoms. The van der Waals surface area contributed by atoms with Gasteiger partial charge in [0, 0.05) is 30.7 Å². The molecular formula is C14H20F2N2. The number of halogens is 2. The molecule has 0 aliphatic carbocycles. The van der Waals surface area contributed by atoms with E-state index in [0.29, 0.717) is 11.6 Å². The van der Waals surface area contributed by atoms with Gasteiger partial charge in [0.05, 0.1) is 0 Å². The van der Waals surface area contributed by atoms with Crippen molar-refractivity contribution in [1.82, 2.24) is 10.2 Å². The number of nitrogens with one attached hydrogen (secondary N) is 1. The molecule has 1 aliphatic rings. The summed E-state index contributed by atoms with van der Waals surface area (Å²) in [5, 5.41) is 3.26. The fourth-order valence-corrected chi connectivity index (χ4v) is 2.61. The smallest absolute Gasteiger partial charge is 0.128 e. The van der Waals surface area contributed by atoms with Crippen molar-refractivity contribution >= 4 is 0 Å². The van der Waals surface area contributed by atoms with Gasteiger partial charge in [-0.1, -0.05) is 0 Å². The van der Waals surface area contributed by atoms with Crippen LogP contribution in [0.1, 0.15) is 31.4 Å². The first-order valence-electron chi connectivity index (χ1n) is 6.48. The molecule has 4 heteroatoms. The van der Waals surface area contributed by atoms with Gasteiger partial charge in [-0.3, -0.25) is 4.90 Å². The van der Waals surface area contributed by atoms with Crippen LogP contribution >= 0.6 is 0 Å². The zero-order valence-corrected chi connectivity index (χ0v) is 10.9. The average molecular weight is 254 g/mol. The number of likely N-dealkylation sites (tertiary alicyclic amines) is 1. The first-order chi connectivity index (χ1) is 8.61. The van der Waals surface area contributed by atoms with Crippen LogP contribution in [-0.2, 0) is 0 Å². The van der Waals surface area contributed by atoms with E-state index in [2.05, 4.69) is 10.2 Å². The molecule has 2 nitrogen and oxygen atoms in total. The lowest BCUT2D eigenvalue weighted by Crippen LogP contribution is -2.42. The van der Waals surface area contributed by atoms with E-state index in [4.69, 9.17) is 0 Å². The minimum absolute atomic E-state index is 0.0708. The van der Waals surface area contributed by atoms with Crippen LogP contribution in [0.4, 0.5) is 8.78 Å². The summed E-state index contributed by atoms with van der Waals surface area (Å²) in [6, 6.07) is 4.16. The van der Waals surface area contributed by atoms with Crippen LogP contribution in [0.15, 0.2) is 18.2 Å². The van der Waals surface area contributed by atoms with E-state index in [0.717, 1.165) is 25.9 Å². The lowest BCUT2D eigenvalue weighted by molar-refractivity contribution is 0.152. The Morgan fingerprint density at radius 1 is 1.28 bits per heavy atom. The summed E-state index contributed by atoms with van der Waals surface area (Å²) in [6.45, 7) is 3.78. The van der Waals surface area contributed by atoms with Crippen molar-refractivity contribution in [3.63, 3.8) is 0 Å². The highest BCUT2D eigenvalue weighted by molar-refractivity contribution is 5.22. The molecule has 0 amide bonds. The zero-order chi connectivity index (χ0) is 13.1. The molecule has 0 aromatic heterocycles. The molecule has 0 saturated carbocycles. The highest BCUT2D eigenvalue weighted by Crippen LogP contribution is 2.26. The predicted octanol–water partition coefficient (Wildman–Crippen LogP) is 2.71. The van der Waals surface area contributed by atoms with Gasteiger partial charge in [0.25, 0.3) is 0 Å². The fourth-order valence-electron chi connectivity index (χ4n) is 2.61. The van der Waals surface area contributed by atoms with Crippen molar-refractivity contribution in [2.75, 3.05) is 20.1 Å². The van der Waals surface area contributed by atoms with Crippen LogP contribution in [0.25, 0.3) is 0 Å². The topological polar surface area (TPSA) is 15.3 Å². The molecule has 100 valence electrons. The number of hydrogen-bond donors (Lipinski definition) is 1. The standard InChI is InChI=1S/C14H20F2N2/c1-10(13-9-11(15)3-4-14(13)16)18-7-5-12(17-2)6-8-18/h3-4,9-10,12,17H,5-8H2,1-2H3. The summed E-state index contributed by atoms with van der Waals surface area (Å²) in [6.07, 6.45) is 2.11. The molecule has 1 aromatic carbocycles. The number of rotatable bonds is 3. The third-order valence-electron chi connectivity index (χ3n) is 3.89. The maximum Gasteiger partial charge on any atom is 0.128 e. The molecule has 1 saturated heterocycles. The fraction of sp³-hybridized carbons (Fsp3) is 0.571. The molecule has 1 aliphatic heterocycles. The second-order valence-electron chi connectivity index (χ2n) is 4.94. The van der Waals surface area contributed by atoms with Crippen molar-refractivity contribution in [3.05, 3.63) is 35.4 Å². The second kappa shape index (κ2) is 5.76. The Morgan fingerprint density at radius 3 is 2.56 bits per heavy atom. The summed E-state index contributed by atoms with van der Waals surface area (Å²) >= 11 is 0. The van der Waals surface area contributed by atoms with E-state index in [1.807, 2.05) is 14.0 Å². The lowest BCUT2D eigenvalue weighted by Gasteiger charge is -2.36. The largest absolute Gasteiger partial charge is 0.317 e. The van der Waals surface area contributed by atoms with Gasteiger partial charge in [0.1, 0.15) is 11.6 Å². The van der Waals surface area contributed by atoms with Crippen molar-refractivity contribution < 1.29 is 8.78 Å². The van der Waals surface area contributed by atoms with E-state index < -0.39 is 0 Å². The van der Waals surface area contributed by atoms with Crippen molar-refractivity contribution in [1.29, 1.82) is 0 Å². The summed E-state index contributed by atoms with van der Waals surface area (Å²) in [5.74, 6) is -0.692. The van der Waals surface area contributed by atoms with E-state index in [-0.39, 0.29) is 17.7 Å². The van der Waals surface area contributed by atoms with Gasteiger partial charge < -0.3 is 5.32 Å². The average Bonchev–Trinajstić information content (AvgIpc) is 2.41. The number of benzene rings is 1. The van der Waals surface area contributed by atoms with Crippen LogP contribution in [0.2, 0.25) is 0 Å². The third kappa shape index (κ3) is 2.87. The number of piperidine rings is 1. The molecule has 1 aromatic rings. The van der Waals surface area contributed by atoms with Gasteiger partial charge >= 0.3 is 0 Å². The van der Waals surface area contributed by atoms with E-state index in [9.17, 15) is 8.78 Å². The van der Waals surface area contributed by atoms with Crippen molar-refractivity contribution in [2.24, 2.45) is 0 Å². The van der Waals surface area contributed by atoms with Gasteiger partial charge in [-0.2, -0.15) is 0 Å². The Hall–Kier alpha value is -1.00. The van der Waals surface area contributed by atoms with Crippen LogP contribution in [0.3, 0.4) is 0 Å². The van der Waals surface area contributed by atoms with Gasteiger partial charge in [0.2, 0.25) is 0 Å². The van der Waals surface area contributed by atoms with Crippen LogP contribution in [0, 0.1) is 11.6 Å². The Bertz CT molecular complexity index is 401. The molecule has 0 bridgehead atoms. The molecule has 1 heterocycles. The molecular weight excluding hydrogens is 234 g/mol. The second-order valence-corrected chi connectivity index (χ2v) is 4.94. The van der Waals surface area contributed by atoms with Crippen molar-refractivity contribution in [2.45, 2.75) is 31.8 Å². The minimum atomic E-state index is -0.372. The number of hydrogen-bond acceptors (Lipinski definition) is 2. The Labute approximate surface area is 107 Å². The molecule has 1 atom stereocenters. The van der Waals surface area contributed by atoms with Crippen LogP contribution in [0.5, 0.6) is 0 Å². The maximum absolute atomic E-state index is 13.7. The third-order valence-corrected chi connectivity index (χ3v) is 3.89. The predicted molar refractivity (Wildman–Crippen MR) is 68.4 cm³/mol. The SMILES string of the molecule is CNC1CCN(C(C)c2cc(F)ccc2F)CC1.